The van der Waals surface area contributed by atoms with Crippen LogP contribution in [0.5, 0.6) is 5.88 Å². The van der Waals surface area contributed by atoms with E-state index in [1.165, 1.54) is 25.4 Å². The quantitative estimate of drug-likeness (QED) is 0.673. The van der Waals surface area contributed by atoms with Crippen molar-refractivity contribution in [2.45, 2.75) is 25.3 Å². The lowest BCUT2D eigenvalue weighted by molar-refractivity contribution is 0.0714. The summed E-state index contributed by atoms with van der Waals surface area (Å²) in [5.41, 5.74) is 1.44. The Labute approximate surface area is 162 Å². The van der Waals surface area contributed by atoms with Crippen LogP contribution in [-0.4, -0.2) is 34.4 Å². The highest BCUT2D eigenvalue weighted by Crippen LogP contribution is 2.33. The molecule has 1 amide bonds. The highest BCUT2D eigenvalue weighted by molar-refractivity contribution is 5.94. The number of nitrogens with zero attached hydrogens (tertiary/aromatic N) is 3. The predicted octanol–water partition coefficient (Wildman–Crippen LogP) is 3.79. The summed E-state index contributed by atoms with van der Waals surface area (Å²) in [7, 11) is 1.53. The molecule has 4 rings (SSSR count). The normalized spacial score (nSPS) is 16.4. The number of hydrogen-bond acceptors (Lipinski definition) is 5. The van der Waals surface area contributed by atoms with Crippen molar-refractivity contribution in [3.63, 3.8) is 0 Å². The molecule has 0 aliphatic carbocycles. The van der Waals surface area contributed by atoms with Gasteiger partial charge in [0, 0.05) is 25.2 Å². The Morgan fingerprint density at radius 3 is 2.75 bits per heavy atom. The molecule has 3 heterocycles. The van der Waals surface area contributed by atoms with Gasteiger partial charge in [-0.05, 0) is 36.6 Å². The van der Waals surface area contributed by atoms with Gasteiger partial charge in [-0.2, -0.15) is 0 Å². The van der Waals surface area contributed by atoms with Gasteiger partial charge in [-0.1, -0.05) is 12.1 Å². The first-order valence-electron chi connectivity index (χ1n) is 9.14. The second-order valence-electron chi connectivity index (χ2n) is 6.71. The topological polar surface area (TPSA) is 68.5 Å². The molecular weight excluding hydrogens is 361 g/mol. The number of amides is 1. The fourth-order valence-corrected chi connectivity index (χ4v) is 3.42. The Morgan fingerprint density at radius 2 is 2.04 bits per heavy atom. The molecular formula is C21H20FN3O3. The number of hydrogen-bond donors (Lipinski definition) is 0. The summed E-state index contributed by atoms with van der Waals surface area (Å²) in [4.78, 5) is 23.2. The third kappa shape index (κ3) is 3.74. The minimum absolute atomic E-state index is 0.101. The number of methoxy groups -OCH3 is 1. The van der Waals surface area contributed by atoms with Gasteiger partial charge in [0.1, 0.15) is 17.6 Å². The number of benzene rings is 1. The van der Waals surface area contributed by atoms with E-state index in [0.717, 1.165) is 18.4 Å². The number of aromatic nitrogens is 2. The van der Waals surface area contributed by atoms with Crippen molar-refractivity contribution in [1.82, 2.24) is 14.9 Å². The molecule has 1 atom stereocenters. The molecule has 144 valence electrons. The summed E-state index contributed by atoms with van der Waals surface area (Å²) in [6.45, 7) is 0.644. The Morgan fingerprint density at radius 1 is 1.21 bits per heavy atom. The SMILES string of the molecule is COc1ccc(C(=O)N2CCCC2c2ncc(Cc3ccc(F)cc3)o2)cn1. The lowest BCUT2D eigenvalue weighted by Crippen LogP contribution is -2.30. The number of ether oxygens (including phenoxy) is 1. The molecule has 1 aliphatic rings. The van der Waals surface area contributed by atoms with Crippen molar-refractivity contribution < 1.29 is 18.3 Å². The molecule has 6 nitrogen and oxygen atoms in total. The van der Waals surface area contributed by atoms with Crippen molar-refractivity contribution >= 4 is 5.91 Å². The molecule has 28 heavy (non-hydrogen) atoms. The number of oxazole rings is 1. The second-order valence-corrected chi connectivity index (χ2v) is 6.71. The Bertz CT molecular complexity index is 954. The number of likely N-dealkylation sites (tertiary alicyclic amines) is 1. The van der Waals surface area contributed by atoms with Crippen LogP contribution in [-0.2, 0) is 6.42 Å². The van der Waals surface area contributed by atoms with Gasteiger partial charge in [-0.15, -0.1) is 0 Å². The Hall–Kier alpha value is -3.22. The molecule has 0 radical (unpaired) electrons. The summed E-state index contributed by atoms with van der Waals surface area (Å²) in [5.74, 6) is 1.31. The van der Waals surface area contributed by atoms with Crippen molar-refractivity contribution in [2.24, 2.45) is 0 Å². The largest absolute Gasteiger partial charge is 0.481 e. The number of carbonyl (C=O) groups is 1. The molecule has 7 heteroatoms. The van der Waals surface area contributed by atoms with Gasteiger partial charge >= 0.3 is 0 Å². The maximum Gasteiger partial charge on any atom is 0.256 e. The Balaban J connectivity index is 1.49. The molecule has 1 saturated heterocycles. The lowest BCUT2D eigenvalue weighted by Gasteiger charge is -2.22. The zero-order valence-corrected chi connectivity index (χ0v) is 15.5. The molecule has 1 aliphatic heterocycles. The molecule has 0 bridgehead atoms. The van der Waals surface area contributed by atoms with Crippen LogP contribution >= 0.6 is 0 Å². The average molecular weight is 381 g/mol. The van der Waals surface area contributed by atoms with E-state index >= 15 is 0 Å². The van der Waals surface area contributed by atoms with Crippen molar-refractivity contribution in [3.05, 3.63) is 77.4 Å². The molecule has 2 aromatic heterocycles. The van der Waals surface area contributed by atoms with Gasteiger partial charge in [-0.25, -0.2) is 14.4 Å². The van der Waals surface area contributed by atoms with E-state index in [1.54, 1.807) is 35.4 Å². The summed E-state index contributed by atoms with van der Waals surface area (Å²) < 4.78 is 24.0. The molecule has 0 saturated carbocycles. The highest BCUT2D eigenvalue weighted by Gasteiger charge is 2.34. The zero-order valence-electron chi connectivity index (χ0n) is 15.5. The summed E-state index contributed by atoms with van der Waals surface area (Å²) in [5, 5.41) is 0. The third-order valence-electron chi connectivity index (χ3n) is 4.85. The maximum absolute atomic E-state index is 13.1. The van der Waals surface area contributed by atoms with Crippen LogP contribution in [0.3, 0.4) is 0 Å². The van der Waals surface area contributed by atoms with Crippen molar-refractivity contribution in [1.29, 1.82) is 0 Å². The van der Waals surface area contributed by atoms with E-state index in [4.69, 9.17) is 9.15 Å². The number of carbonyl (C=O) groups excluding carboxylic acids is 1. The van der Waals surface area contributed by atoms with Crippen LogP contribution in [0.15, 0.2) is 53.2 Å². The summed E-state index contributed by atoms with van der Waals surface area (Å²) >= 11 is 0. The molecule has 0 N–H and O–H groups in total. The first-order valence-corrected chi connectivity index (χ1v) is 9.14. The minimum atomic E-state index is -0.268. The fraction of sp³-hybridized carbons (Fsp3) is 0.286. The third-order valence-corrected chi connectivity index (χ3v) is 4.85. The first kappa shape index (κ1) is 18.2. The van der Waals surface area contributed by atoms with E-state index < -0.39 is 0 Å². The monoisotopic (exact) mass is 381 g/mol. The smallest absolute Gasteiger partial charge is 0.256 e. The van der Waals surface area contributed by atoms with E-state index in [0.29, 0.717) is 36.1 Å². The standard InChI is InChI=1S/C21H20FN3O3/c1-27-19-9-6-15(12-23-19)21(26)25-10-2-3-18(25)20-24-13-17(28-20)11-14-4-7-16(22)8-5-14/h4-9,12-13,18H,2-3,10-11H2,1H3. The van der Waals surface area contributed by atoms with E-state index in [-0.39, 0.29) is 17.8 Å². The van der Waals surface area contributed by atoms with Crippen LogP contribution in [0.2, 0.25) is 0 Å². The van der Waals surface area contributed by atoms with Crippen LogP contribution in [0.25, 0.3) is 0 Å². The average Bonchev–Trinajstić information content (AvgIpc) is 3.38. The van der Waals surface area contributed by atoms with Gasteiger partial charge in [0.15, 0.2) is 0 Å². The second kappa shape index (κ2) is 7.80. The molecule has 1 aromatic carbocycles. The van der Waals surface area contributed by atoms with Crippen LogP contribution in [0, 0.1) is 5.82 Å². The van der Waals surface area contributed by atoms with Gasteiger partial charge in [0.2, 0.25) is 11.8 Å². The maximum atomic E-state index is 13.1. The summed E-state index contributed by atoms with van der Waals surface area (Å²) in [6.07, 6.45) is 5.40. The van der Waals surface area contributed by atoms with E-state index in [1.807, 2.05) is 0 Å². The van der Waals surface area contributed by atoms with Gasteiger partial charge in [0.25, 0.3) is 5.91 Å². The van der Waals surface area contributed by atoms with Crippen LogP contribution in [0.1, 0.15) is 46.5 Å². The highest BCUT2D eigenvalue weighted by atomic mass is 19.1. The van der Waals surface area contributed by atoms with Gasteiger partial charge in [0.05, 0.1) is 18.9 Å². The molecule has 0 spiro atoms. The number of halogens is 1. The Kier molecular flexibility index (Phi) is 5.06. The van der Waals surface area contributed by atoms with Crippen LogP contribution in [0.4, 0.5) is 4.39 Å². The summed E-state index contributed by atoms with van der Waals surface area (Å²) in [6, 6.07) is 9.47. The minimum Gasteiger partial charge on any atom is -0.481 e. The number of pyridine rings is 1. The molecule has 1 fully saturated rings. The molecule has 3 aromatic rings. The zero-order chi connectivity index (χ0) is 19.5. The molecule has 1 unspecified atom stereocenters. The van der Waals surface area contributed by atoms with Crippen molar-refractivity contribution in [2.75, 3.05) is 13.7 Å². The van der Waals surface area contributed by atoms with Gasteiger partial charge in [-0.3, -0.25) is 4.79 Å². The number of rotatable bonds is 5. The van der Waals surface area contributed by atoms with Gasteiger partial charge < -0.3 is 14.1 Å². The van der Waals surface area contributed by atoms with Crippen molar-refractivity contribution in [3.8, 4) is 5.88 Å². The van der Waals surface area contributed by atoms with Crippen LogP contribution < -0.4 is 4.74 Å². The first-order chi connectivity index (χ1) is 13.6. The van der Waals surface area contributed by atoms with E-state index in [2.05, 4.69) is 9.97 Å². The fourth-order valence-electron chi connectivity index (χ4n) is 3.42. The lowest BCUT2D eigenvalue weighted by atomic mass is 10.1. The van der Waals surface area contributed by atoms with E-state index in [9.17, 15) is 9.18 Å². The predicted molar refractivity (Wildman–Crippen MR) is 99.5 cm³/mol.